The molecule has 4 rings (SSSR count). The lowest BCUT2D eigenvalue weighted by Crippen LogP contribution is -2.41. The second kappa shape index (κ2) is 11.9. The first-order chi connectivity index (χ1) is 17.5. The summed E-state index contributed by atoms with van der Waals surface area (Å²) in [6, 6.07) is 23.1. The number of nitrogens with one attached hydrogen (secondary N) is 1. The Morgan fingerprint density at radius 3 is 2.47 bits per heavy atom. The van der Waals surface area contributed by atoms with Gasteiger partial charge < -0.3 is 10.4 Å². The van der Waals surface area contributed by atoms with Gasteiger partial charge in [-0.1, -0.05) is 54.6 Å². The van der Waals surface area contributed by atoms with E-state index in [1.807, 2.05) is 74.0 Å². The smallest absolute Gasteiger partial charge is 0.326 e. The Labute approximate surface area is 216 Å². The van der Waals surface area contributed by atoms with Gasteiger partial charge in [-0.2, -0.15) is 11.8 Å². The number of rotatable bonds is 10. The molecule has 1 heterocycles. The number of carboxylic acid groups (broad SMARTS) is 1. The molecule has 0 aliphatic carbocycles. The molecule has 5 nitrogen and oxygen atoms in total. The minimum atomic E-state index is -1.02. The second-order valence-corrected chi connectivity index (χ2v) is 9.86. The Kier molecular flexibility index (Phi) is 8.39. The lowest BCUT2D eigenvalue weighted by atomic mass is 9.92. The summed E-state index contributed by atoms with van der Waals surface area (Å²) in [5.74, 6) is -0.729. The second-order valence-electron chi connectivity index (χ2n) is 8.88. The van der Waals surface area contributed by atoms with Crippen LogP contribution in [-0.2, 0) is 17.6 Å². The number of aryl methyl sites for hydroxylation is 3. The molecule has 0 saturated heterocycles. The molecule has 0 aliphatic heterocycles. The number of amides is 1. The predicted molar refractivity (Wildman–Crippen MR) is 148 cm³/mol. The van der Waals surface area contributed by atoms with Gasteiger partial charge in [-0.15, -0.1) is 0 Å². The fourth-order valence-electron chi connectivity index (χ4n) is 4.31. The number of hydrogen-bond donors (Lipinski definition) is 2. The highest BCUT2D eigenvalue weighted by molar-refractivity contribution is 7.98. The molecule has 1 aromatic heterocycles. The summed E-state index contributed by atoms with van der Waals surface area (Å²) in [6.45, 7) is 2.02. The first-order valence-electron chi connectivity index (χ1n) is 12.0. The average molecular weight is 499 g/mol. The minimum Gasteiger partial charge on any atom is -0.480 e. The number of fused-ring (bicyclic) bond motifs is 1. The number of aromatic nitrogens is 1. The Hall–Kier alpha value is -3.64. The van der Waals surface area contributed by atoms with Crippen LogP contribution in [0.25, 0.3) is 22.0 Å². The van der Waals surface area contributed by atoms with Crippen molar-refractivity contribution in [3.8, 4) is 11.1 Å². The predicted octanol–water partition coefficient (Wildman–Crippen LogP) is 5.93. The van der Waals surface area contributed by atoms with E-state index >= 15 is 0 Å². The molecule has 3 aromatic carbocycles. The summed E-state index contributed by atoms with van der Waals surface area (Å²) in [6.07, 6.45) is 5.84. The number of aliphatic carboxylic acids is 1. The van der Waals surface area contributed by atoms with Crippen LogP contribution in [0.4, 0.5) is 0 Å². The topological polar surface area (TPSA) is 79.3 Å². The van der Waals surface area contributed by atoms with Gasteiger partial charge in [0.2, 0.25) is 0 Å². The van der Waals surface area contributed by atoms with E-state index in [9.17, 15) is 14.7 Å². The zero-order valence-electron chi connectivity index (χ0n) is 20.5. The third kappa shape index (κ3) is 6.13. The number of carboxylic acids is 1. The largest absolute Gasteiger partial charge is 0.480 e. The number of carbonyl (C=O) groups excluding carboxylic acids is 1. The molecule has 0 saturated carbocycles. The van der Waals surface area contributed by atoms with Crippen molar-refractivity contribution in [3.05, 3.63) is 101 Å². The molecular weight excluding hydrogens is 468 g/mol. The number of benzene rings is 3. The molecule has 0 fully saturated rings. The Morgan fingerprint density at radius 2 is 1.69 bits per heavy atom. The van der Waals surface area contributed by atoms with Crippen LogP contribution in [0.5, 0.6) is 0 Å². The number of hydrogen-bond acceptors (Lipinski definition) is 4. The van der Waals surface area contributed by atoms with Crippen molar-refractivity contribution in [2.45, 2.75) is 32.2 Å². The Morgan fingerprint density at radius 1 is 0.944 bits per heavy atom. The molecular formula is C30H30N2O3S. The summed E-state index contributed by atoms with van der Waals surface area (Å²) in [4.78, 5) is 29.5. The van der Waals surface area contributed by atoms with Crippen molar-refractivity contribution in [3.63, 3.8) is 0 Å². The molecule has 0 aliphatic rings. The summed E-state index contributed by atoms with van der Waals surface area (Å²) < 4.78 is 0. The van der Waals surface area contributed by atoms with E-state index in [0.29, 0.717) is 17.7 Å². The van der Waals surface area contributed by atoms with Gasteiger partial charge in [-0.05, 0) is 84.2 Å². The van der Waals surface area contributed by atoms with Crippen LogP contribution >= 0.6 is 11.8 Å². The fraction of sp³-hybridized carbons (Fsp3) is 0.233. The molecule has 0 bridgehead atoms. The van der Waals surface area contributed by atoms with E-state index in [2.05, 4.69) is 28.5 Å². The van der Waals surface area contributed by atoms with Crippen LogP contribution in [0.15, 0.2) is 79.0 Å². The van der Waals surface area contributed by atoms with Crippen LogP contribution in [0.1, 0.15) is 33.5 Å². The molecule has 0 spiro atoms. The molecule has 0 unspecified atom stereocenters. The maximum atomic E-state index is 13.3. The van der Waals surface area contributed by atoms with Gasteiger partial charge in [0.15, 0.2) is 0 Å². The van der Waals surface area contributed by atoms with E-state index < -0.39 is 12.0 Å². The Bertz CT molecular complexity index is 1390. The van der Waals surface area contributed by atoms with E-state index in [1.54, 1.807) is 11.8 Å². The van der Waals surface area contributed by atoms with Gasteiger partial charge in [0, 0.05) is 17.1 Å². The number of thioether (sulfide) groups is 1. The number of para-hydroxylation sites is 1. The van der Waals surface area contributed by atoms with Crippen molar-refractivity contribution in [2.24, 2.45) is 0 Å². The highest BCUT2D eigenvalue weighted by atomic mass is 32.2. The molecule has 2 N–H and O–H groups in total. The molecule has 6 heteroatoms. The first kappa shape index (κ1) is 25.5. The van der Waals surface area contributed by atoms with Crippen molar-refractivity contribution in [2.75, 3.05) is 12.0 Å². The van der Waals surface area contributed by atoms with E-state index in [4.69, 9.17) is 0 Å². The zero-order chi connectivity index (χ0) is 25.5. The number of pyridine rings is 1. The molecule has 0 radical (unpaired) electrons. The third-order valence-electron chi connectivity index (χ3n) is 6.33. The quantitative estimate of drug-likeness (QED) is 0.283. The van der Waals surface area contributed by atoms with Crippen LogP contribution in [0, 0.1) is 6.92 Å². The van der Waals surface area contributed by atoms with Gasteiger partial charge in [0.1, 0.15) is 6.04 Å². The van der Waals surface area contributed by atoms with Crippen molar-refractivity contribution >= 4 is 34.5 Å². The maximum absolute atomic E-state index is 13.3. The van der Waals surface area contributed by atoms with Crippen LogP contribution < -0.4 is 5.32 Å². The summed E-state index contributed by atoms with van der Waals surface area (Å²) in [7, 11) is 0. The van der Waals surface area contributed by atoms with Crippen molar-refractivity contribution < 1.29 is 14.7 Å². The van der Waals surface area contributed by atoms with E-state index in [0.717, 1.165) is 51.6 Å². The lowest BCUT2D eigenvalue weighted by Gasteiger charge is -2.17. The lowest BCUT2D eigenvalue weighted by molar-refractivity contribution is -0.139. The van der Waals surface area contributed by atoms with Crippen LogP contribution in [-0.4, -0.2) is 40.0 Å². The monoisotopic (exact) mass is 498 g/mol. The number of carbonyl (C=O) groups is 2. The van der Waals surface area contributed by atoms with Crippen molar-refractivity contribution in [1.82, 2.24) is 10.3 Å². The SMILES string of the molecule is CSCC[C@H](NC(=O)c1ccc(CCc2cnc3ccccc3c2)cc1-c1ccccc1C)C(=O)O. The fourth-order valence-corrected chi connectivity index (χ4v) is 4.79. The van der Waals surface area contributed by atoms with Gasteiger partial charge in [-0.25, -0.2) is 4.79 Å². The van der Waals surface area contributed by atoms with Crippen LogP contribution in [0.2, 0.25) is 0 Å². The van der Waals surface area contributed by atoms with Gasteiger partial charge >= 0.3 is 5.97 Å². The summed E-state index contributed by atoms with van der Waals surface area (Å²) >= 11 is 1.56. The van der Waals surface area contributed by atoms with Gasteiger partial charge in [0.25, 0.3) is 5.91 Å². The molecule has 184 valence electrons. The first-order valence-corrected chi connectivity index (χ1v) is 13.4. The molecule has 1 amide bonds. The van der Waals surface area contributed by atoms with E-state index in [-0.39, 0.29) is 5.91 Å². The van der Waals surface area contributed by atoms with Crippen LogP contribution in [0.3, 0.4) is 0 Å². The molecule has 4 aromatic rings. The summed E-state index contributed by atoms with van der Waals surface area (Å²) in [5.41, 5.74) is 6.56. The van der Waals surface area contributed by atoms with Crippen molar-refractivity contribution in [1.29, 1.82) is 0 Å². The summed E-state index contributed by atoms with van der Waals surface area (Å²) in [5, 5.41) is 13.4. The minimum absolute atomic E-state index is 0.368. The molecule has 1 atom stereocenters. The molecule has 36 heavy (non-hydrogen) atoms. The average Bonchev–Trinajstić information content (AvgIpc) is 2.89. The highest BCUT2D eigenvalue weighted by Gasteiger charge is 2.22. The van der Waals surface area contributed by atoms with Gasteiger partial charge in [-0.3, -0.25) is 9.78 Å². The third-order valence-corrected chi connectivity index (χ3v) is 6.97. The highest BCUT2D eigenvalue weighted by Crippen LogP contribution is 2.29. The number of nitrogens with zero attached hydrogens (tertiary/aromatic N) is 1. The maximum Gasteiger partial charge on any atom is 0.326 e. The standard InChI is InChI=1S/C30H30N2O3S/c1-20-7-3-5-9-24(20)26-18-21(11-12-22-17-23-8-4-6-10-27(23)31-19-22)13-14-25(26)29(33)32-28(30(34)35)15-16-36-2/h3-10,13-14,17-19,28H,11-12,15-16H2,1-2H3,(H,32,33)(H,34,35)/t28-/m0/s1. The zero-order valence-corrected chi connectivity index (χ0v) is 21.3. The normalized spacial score (nSPS) is 11.8. The van der Waals surface area contributed by atoms with E-state index in [1.165, 1.54) is 0 Å². The van der Waals surface area contributed by atoms with Gasteiger partial charge in [0.05, 0.1) is 5.52 Å². The Balaban J connectivity index is 1.61.